The highest BCUT2D eigenvalue weighted by Gasteiger charge is 2.23. The lowest BCUT2D eigenvalue weighted by atomic mass is 9.92. The zero-order valence-corrected chi connectivity index (χ0v) is 24.5. The molecule has 0 atom stereocenters. The van der Waals surface area contributed by atoms with Crippen LogP contribution in [0.2, 0.25) is 0 Å². The highest BCUT2D eigenvalue weighted by Crippen LogP contribution is 2.36. The number of rotatable bonds is 10. The van der Waals surface area contributed by atoms with E-state index in [2.05, 4.69) is 17.2 Å². The quantitative estimate of drug-likeness (QED) is 0.137. The highest BCUT2D eigenvalue weighted by atomic mass is 19.1. The molecule has 0 aliphatic carbocycles. The molecule has 0 unspecified atom stereocenters. The summed E-state index contributed by atoms with van der Waals surface area (Å²) in [7, 11) is 1.52. The molecule has 3 aromatic carbocycles. The first kappa shape index (κ1) is 30.7. The van der Waals surface area contributed by atoms with Crippen molar-refractivity contribution in [1.82, 2.24) is 10.6 Å². The summed E-state index contributed by atoms with van der Waals surface area (Å²) in [4.78, 5) is 38.2. The van der Waals surface area contributed by atoms with Crippen LogP contribution in [0.25, 0.3) is 33.4 Å². The molecule has 0 fully saturated rings. The summed E-state index contributed by atoms with van der Waals surface area (Å²) in [6.45, 7) is 10.4. The van der Waals surface area contributed by atoms with Gasteiger partial charge in [-0.15, -0.1) is 0 Å². The van der Waals surface area contributed by atoms with E-state index in [1.165, 1.54) is 31.3 Å². The van der Waals surface area contributed by atoms with Gasteiger partial charge in [-0.1, -0.05) is 44.7 Å². The average Bonchev–Trinajstić information content (AvgIpc) is 3.38. The van der Waals surface area contributed by atoms with Gasteiger partial charge in [0.1, 0.15) is 17.2 Å². The van der Waals surface area contributed by atoms with Gasteiger partial charge in [-0.3, -0.25) is 9.59 Å². The van der Waals surface area contributed by atoms with E-state index in [0.717, 1.165) is 0 Å². The molecular formula is C35H33FN2O5. The lowest BCUT2D eigenvalue weighted by Crippen LogP contribution is -2.29. The van der Waals surface area contributed by atoms with Crippen LogP contribution in [0.1, 0.15) is 52.6 Å². The normalized spacial score (nSPS) is 12.0. The number of hydrogen-bond acceptors (Lipinski definition) is 4. The summed E-state index contributed by atoms with van der Waals surface area (Å²) in [5.74, 6) is -1.68. The second-order valence-electron chi connectivity index (χ2n) is 10.4. The monoisotopic (exact) mass is 580 g/mol. The van der Waals surface area contributed by atoms with E-state index in [-0.39, 0.29) is 28.9 Å². The molecule has 4 rings (SSSR count). The number of benzene rings is 3. The summed E-state index contributed by atoms with van der Waals surface area (Å²) in [6.07, 6.45) is 3.41. The van der Waals surface area contributed by atoms with Gasteiger partial charge in [-0.05, 0) is 89.7 Å². The minimum atomic E-state index is -1.07. The lowest BCUT2D eigenvalue weighted by molar-refractivity contribution is -0.117. The summed E-state index contributed by atoms with van der Waals surface area (Å²) in [6, 6.07) is 17.3. The van der Waals surface area contributed by atoms with Crippen LogP contribution in [0, 0.1) is 11.7 Å². The maximum atomic E-state index is 13.6. The smallest absolute Gasteiger partial charge is 0.335 e. The molecule has 4 aromatic rings. The number of fused-ring (bicyclic) bond motifs is 1. The first-order valence-electron chi connectivity index (χ1n) is 13.8. The second kappa shape index (κ2) is 13.2. The number of carboxylic acids is 1. The van der Waals surface area contributed by atoms with Crippen LogP contribution in [0.5, 0.6) is 0 Å². The number of carboxylic acid groups (broad SMARTS) is 1. The van der Waals surface area contributed by atoms with E-state index >= 15 is 0 Å². The maximum Gasteiger partial charge on any atom is 0.335 e. The number of allylic oxidation sites excluding steroid dienone is 3. The fourth-order valence-electron chi connectivity index (χ4n) is 4.67. The van der Waals surface area contributed by atoms with Crippen LogP contribution in [0.15, 0.2) is 95.5 Å². The van der Waals surface area contributed by atoms with Crippen molar-refractivity contribution >= 4 is 39.9 Å². The molecule has 0 spiro atoms. The number of aromatic carboxylic acids is 1. The van der Waals surface area contributed by atoms with Crippen molar-refractivity contribution in [1.29, 1.82) is 0 Å². The highest BCUT2D eigenvalue weighted by molar-refractivity contribution is 6.13. The van der Waals surface area contributed by atoms with Crippen molar-refractivity contribution < 1.29 is 28.3 Å². The minimum Gasteiger partial charge on any atom is -0.478 e. The predicted molar refractivity (Wildman–Crippen MR) is 167 cm³/mol. The number of carbonyl (C=O) groups excluding carboxylic acids is 2. The van der Waals surface area contributed by atoms with Crippen LogP contribution in [-0.2, 0) is 4.79 Å². The number of furan rings is 1. The Hall–Kier alpha value is -5.24. The Morgan fingerprint density at radius 2 is 1.70 bits per heavy atom. The van der Waals surface area contributed by atoms with Crippen LogP contribution in [0.3, 0.4) is 0 Å². The molecule has 2 amide bonds. The number of nitrogens with one attached hydrogen (secondary N) is 2. The Morgan fingerprint density at radius 3 is 2.33 bits per heavy atom. The summed E-state index contributed by atoms with van der Waals surface area (Å²) in [5, 5.41) is 15.6. The van der Waals surface area contributed by atoms with Gasteiger partial charge in [0.05, 0.1) is 11.1 Å². The largest absolute Gasteiger partial charge is 0.478 e. The first-order valence-corrected chi connectivity index (χ1v) is 13.8. The maximum absolute atomic E-state index is 13.6. The predicted octanol–water partition coefficient (Wildman–Crippen LogP) is 7.11. The third kappa shape index (κ3) is 6.81. The van der Waals surface area contributed by atoms with Gasteiger partial charge in [-0.25, -0.2) is 9.18 Å². The summed E-state index contributed by atoms with van der Waals surface area (Å²) >= 11 is 0. The van der Waals surface area contributed by atoms with Gasteiger partial charge >= 0.3 is 5.97 Å². The number of carbonyl (C=O) groups is 3. The molecule has 7 nitrogen and oxygen atoms in total. The second-order valence-corrected chi connectivity index (χ2v) is 10.4. The third-order valence-corrected chi connectivity index (χ3v) is 6.85. The van der Waals surface area contributed by atoms with E-state index in [1.54, 1.807) is 61.5 Å². The van der Waals surface area contributed by atoms with Crippen LogP contribution in [0.4, 0.5) is 4.39 Å². The Labute approximate surface area is 249 Å². The third-order valence-electron chi connectivity index (χ3n) is 6.85. The first-order chi connectivity index (χ1) is 20.5. The number of hydrogen-bond donors (Lipinski definition) is 3. The zero-order chi connectivity index (χ0) is 31.3. The van der Waals surface area contributed by atoms with Crippen molar-refractivity contribution in [3.8, 4) is 11.3 Å². The van der Waals surface area contributed by atoms with Gasteiger partial charge in [0.15, 0.2) is 0 Å². The van der Waals surface area contributed by atoms with E-state index in [1.807, 2.05) is 13.8 Å². The Morgan fingerprint density at radius 1 is 1.00 bits per heavy atom. The molecule has 0 saturated carbocycles. The van der Waals surface area contributed by atoms with Gasteiger partial charge in [-0.2, -0.15) is 0 Å². The van der Waals surface area contributed by atoms with Crippen LogP contribution < -0.4 is 10.6 Å². The summed E-state index contributed by atoms with van der Waals surface area (Å²) in [5.41, 5.74) is 3.91. The number of amides is 2. The van der Waals surface area contributed by atoms with E-state index in [0.29, 0.717) is 56.7 Å². The molecule has 220 valence electrons. The van der Waals surface area contributed by atoms with Crippen LogP contribution in [-0.4, -0.2) is 36.5 Å². The zero-order valence-electron chi connectivity index (χ0n) is 24.5. The molecule has 1 aromatic heterocycles. The van der Waals surface area contributed by atoms with Crippen molar-refractivity contribution in [3.05, 3.63) is 119 Å². The topological polar surface area (TPSA) is 109 Å². The fourth-order valence-corrected chi connectivity index (χ4v) is 4.67. The molecule has 43 heavy (non-hydrogen) atoms. The van der Waals surface area contributed by atoms with Gasteiger partial charge in [0, 0.05) is 30.1 Å². The lowest BCUT2D eigenvalue weighted by Gasteiger charge is -2.16. The molecule has 0 radical (unpaired) electrons. The molecule has 1 heterocycles. The Kier molecular flexibility index (Phi) is 9.40. The molecule has 8 heteroatoms. The van der Waals surface area contributed by atoms with E-state index < -0.39 is 11.8 Å². The molecule has 3 N–H and O–H groups in total. The molecule has 0 bridgehead atoms. The van der Waals surface area contributed by atoms with Crippen molar-refractivity contribution in [3.63, 3.8) is 0 Å². The van der Waals surface area contributed by atoms with Crippen molar-refractivity contribution in [2.45, 2.75) is 20.8 Å². The van der Waals surface area contributed by atoms with E-state index in [4.69, 9.17) is 4.42 Å². The van der Waals surface area contributed by atoms with Gasteiger partial charge in [0.25, 0.3) is 11.8 Å². The van der Waals surface area contributed by atoms with Crippen LogP contribution >= 0.6 is 0 Å². The van der Waals surface area contributed by atoms with Crippen molar-refractivity contribution in [2.75, 3.05) is 13.6 Å². The standard InChI is InChI=1S/C35H33FN2O5/c1-6-27(24-8-7-9-25(17-24)35(41)42)28(33(39)38-19-20(2)3)16-21(4)23-12-15-30-29(18-23)31(34(40)37-5)32(43-30)22-10-13-26(36)14-11-22/h6-18,20H,4,19H2,1-3,5H3,(H,37,40)(H,38,39)(H,41,42). The minimum absolute atomic E-state index is 0.0988. The fraction of sp³-hybridized carbons (Fsp3) is 0.171. The SMILES string of the molecule is C=C(C=C(C(=O)NCC(C)C)C(=CC)c1cccc(C(=O)O)c1)c1ccc2oc(-c3ccc(F)cc3)c(C(=O)NC)c2c1. The molecular weight excluding hydrogens is 547 g/mol. The Bertz CT molecular complexity index is 1780. The van der Waals surface area contributed by atoms with Gasteiger partial charge in [0.2, 0.25) is 0 Å². The summed E-state index contributed by atoms with van der Waals surface area (Å²) < 4.78 is 19.6. The van der Waals surface area contributed by atoms with Gasteiger partial charge < -0.3 is 20.2 Å². The number of halogens is 1. The van der Waals surface area contributed by atoms with E-state index in [9.17, 15) is 23.9 Å². The Balaban J connectivity index is 1.83. The molecule has 0 aliphatic heterocycles. The van der Waals surface area contributed by atoms with Crippen molar-refractivity contribution in [2.24, 2.45) is 5.92 Å². The average molecular weight is 581 g/mol. The molecule has 0 aliphatic rings. The molecule has 0 saturated heterocycles.